The Bertz CT molecular complexity index is 908. The van der Waals surface area contributed by atoms with Gasteiger partial charge in [-0.3, -0.25) is 4.79 Å². The van der Waals surface area contributed by atoms with Crippen molar-refractivity contribution >= 4 is 5.91 Å². The van der Waals surface area contributed by atoms with Gasteiger partial charge in [-0.05, 0) is 47.7 Å². The number of carbonyl (C=O) groups is 1. The van der Waals surface area contributed by atoms with Gasteiger partial charge in [0.25, 0.3) is 5.91 Å². The van der Waals surface area contributed by atoms with Crippen LogP contribution in [0, 0.1) is 0 Å². The third-order valence-corrected chi connectivity index (χ3v) is 5.52. The van der Waals surface area contributed by atoms with Crippen molar-refractivity contribution in [1.29, 1.82) is 0 Å². The third-order valence-electron chi connectivity index (χ3n) is 5.52. The molecule has 0 aliphatic carbocycles. The second kappa shape index (κ2) is 6.68. The number of methoxy groups -OCH3 is 4. The van der Waals surface area contributed by atoms with Gasteiger partial charge in [-0.2, -0.15) is 0 Å². The molecule has 0 spiro atoms. The highest BCUT2D eigenvalue weighted by Gasteiger charge is 2.39. The van der Waals surface area contributed by atoms with Crippen LogP contribution in [0.15, 0.2) is 24.3 Å². The van der Waals surface area contributed by atoms with Crippen molar-refractivity contribution in [2.45, 2.75) is 18.9 Å². The van der Waals surface area contributed by atoms with Gasteiger partial charge < -0.3 is 23.8 Å². The number of hydrogen-bond acceptors (Lipinski definition) is 5. The van der Waals surface area contributed by atoms with Crippen LogP contribution >= 0.6 is 0 Å². The molecule has 142 valence electrons. The zero-order valence-corrected chi connectivity index (χ0v) is 16.0. The standard InChI is InChI=1S/C21H23NO5/c1-24-16-6-5-13-9-15-14-11-18(26-3)17(25-2)10-12(14)7-8-22(15)21(23)19(13)20(16)27-4/h5-6,10-11,15H,7-9H2,1-4H3/t15-/m1/s1. The Morgan fingerprint density at radius 2 is 1.59 bits per heavy atom. The van der Waals surface area contributed by atoms with Crippen molar-refractivity contribution in [1.82, 2.24) is 4.90 Å². The fourth-order valence-corrected chi connectivity index (χ4v) is 4.22. The number of amides is 1. The van der Waals surface area contributed by atoms with Crippen LogP contribution in [0.3, 0.4) is 0 Å². The molecule has 0 unspecified atom stereocenters. The lowest BCUT2D eigenvalue weighted by Gasteiger charge is -2.41. The Kier molecular flexibility index (Phi) is 4.34. The zero-order chi connectivity index (χ0) is 19.1. The summed E-state index contributed by atoms with van der Waals surface area (Å²) >= 11 is 0. The van der Waals surface area contributed by atoms with Crippen LogP contribution in [0.4, 0.5) is 0 Å². The van der Waals surface area contributed by atoms with E-state index < -0.39 is 0 Å². The van der Waals surface area contributed by atoms with Gasteiger partial charge in [-0.15, -0.1) is 0 Å². The number of ether oxygens (including phenoxy) is 4. The highest BCUT2D eigenvalue weighted by atomic mass is 16.5. The molecule has 2 aliphatic rings. The first-order valence-electron chi connectivity index (χ1n) is 8.92. The lowest BCUT2D eigenvalue weighted by molar-refractivity contribution is 0.0626. The summed E-state index contributed by atoms with van der Waals surface area (Å²) in [4.78, 5) is 15.2. The second-order valence-corrected chi connectivity index (χ2v) is 6.71. The Labute approximate surface area is 158 Å². The monoisotopic (exact) mass is 369 g/mol. The molecule has 0 bridgehead atoms. The van der Waals surface area contributed by atoms with E-state index in [1.165, 1.54) is 5.56 Å². The predicted molar refractivity (Wildman–Crippen MR) is 100 cm³/mol. The fraction of sp³-hybridized carbons (Fsp3) is 0.381. The average Bonchev–Trinajstić information content (AvgIpc) is 2.71. The van der Waals surface area contributed by atoms with E-state index in [0.29, 0.717) is 29.4 Å². The van der Waals surface area contributed by atoms with Gasteiger partial charge >= 0.3 is 0 Å². The van der Waals surface area contributed by atoms with E-state index in [2.05, 4.69) is 0 Å². The topological polar surface area (TPSA) is 57.2 Å². The van der Waals surface area contributed by atoms with Gasteiger partial charge in [0.1, 0.15) is 0 Å². The zero-order valence-electron chi connectivity index (χ0n) is 16.0. The maximum absolute atomic E-state index is 13.3. The molecule has 0 saturated carbocycles. The fourth-order valence-electron chi connectivity index (χ4n) is 4.22. The van der Waals surface area contributed by atoms with Gasteiger partial charge in [0.2, 0.25) is 0 Å². The lowest BCUT2D eigenvalue weighted by atomic mass is 9.83. The third kappa shape index (κ3) is 2.59. The summed E-state index contributed by atoms with van der Waals surface area (Å²) in [6.45, 7) is 0.659. The number of fused-ring (bicyclic) bond motifs is 4. The SMILES string of the molecule is COc1cc2c(cc1OC)[C@H]1Cc3ccc(OC)c(OC)c3C(=O)N1CC2. The smallest absolute Gasteiger partial charge is 0.258 e. The van der Waals surface area contributed by atoms with Crippen LogP contribution in [0.2, 0.25) is 0 Å². The second-order valence-electron chi connectivity index (χ2n) is 6.71. The van der Waals surface area contributed by atoms with Crippen LogP contribution < -0.4 is 18.9 Å². The van der Waals surface area contributed by atoms with Gasteiger partial charge in [-0.25, -0.2) is 0 Å². The Balaban J connectivity index is 1.83. The number of carbonyl (C=O) groups excluding carboxylic acids is 1. The minimum absolute atomic E-state index is 0.0163. The molecule has 2 aromatic rings. The maximum atomic E-state index is 13.3. The molecule has 6 nitrogen and oxygen atoms in total. The van der Waals surface area contributed by atoms with Crippen LogP contribution in [0.1, 0.15) is 33.1 Å². The predicted octanol–water partition coefficient (Wildman–Crippen LogP) is 3.02. The highest BCUT2D eigenvalue weighted by Crippen LogP contribution is 2.45. The Hall–Kier alpha value is -2.89. The summed E-state index contributed by atoms with van der Waals surface area (Å²) in [5.74, 6) is 2.48. The molecule has 2 aliphatic heterocycles. The molecular formula is C21H23NO5. The van der Waals surface area contributed by atoms with Gasteiger partial charge in [-0.1, -0.05) is 6.07 Å². The van der Waals surface area contributed by atoms with Crippen LogP contribution in [-0.4, -0.2) is 45.8 Å². The molecule has 0 N–H and O–H groups in total. The van der Waals surface area contributed by atoms with E-state index >= 15 is 0 Å². The van der Waals surface area contributed by atoms with Crippen molar-refractivity contribution in [2.75, 3.05) is 35.0 Å². The first-order valence-corrected chi connectivity index (χ1v) is 8.92. The van der Waals surface area contributed by atoms with E-state index in [1.54, 1.807) is 28.4 Å². The van der Waals surface area contributed by atoms with Crippen LogP contribution in [-0.2, 0) is 12.8 Å². The van der Waals surface area contributed by atoms with E-state index in [9.17, 15) is 4.79 Å². The minimum Gasteiger partial charge on any atom is -0.493 e. The number of benzene rings is 2. The Morgan fingerprint density at radius 3 is 2.26 bits per heavy atom. The normalized spacial score (nSPS) is 17.6. The number of hydrogen-bond donors (Lipinski definition) is 0. The largest absolute Gasteiger partial charge is 0.493 e. The lowest BCUT2D eigenvalue weighted by Crippen LogP contribution is -2.44. The molecule has 0 fully saturated rings. The first kappa shape index (κ1) is 17.5. The summed E-state index contributed by atoms with van der Waals surface area (Å²) in [5.41, 5.74) is 3.90. The number of nitrogens with zero attached hydrogens (tertiary/aromatic N) is 1. The molecular weight excluding hydrogens is 346 g/mol. The molecule has 0 saturated heterocycles. The van der Waals surface area contributed by atoms with E-state index in [1.807, 2.05) is 29.2 Å². The maximum Gasteiger partial charge on any atom is 0.258 e. The van der Waals surface area contributed by atoms with Gasteiger partial charge in [0.05, 0.1) is 40.0 Å². The highest BCUT2D eigenvalue weighted by molar-refractivity contribution is 6.01. The summed E-state index contributed by atoms with van der Waals surface area (Å²) in [6, 6.07) is 7.83. The molecule has 1 atom stereocenters. The summed E-state index contributed by atoms with van der Waals surface area (Å²) in [7, 11) is 6.42. The molecule has 27 heavy (non-hydrogen) atoms. The Morgan fingerprint density at radius 1 is 0.889 bits per heavy atom. The van der Waals surface area contributed by atoms with Crippen molar-refractivity contribution < 1.29 is 23.7 Å². The average molecular weight is 369 g/mol. The molecule has 2 aromatic carbocycles. The van der Waals surface area contributed by atoms with Crippen molar-refractivity contribution in [3.63, 3.8) is 0 Å². The summed E-state index contributed by atoms with van der Waals surface area (Å²) in [6.07, 6.45) is 1.50. The molecule has 1 amide bonds. The van der Waals surface area contributed by atoms with Gasteiger partial charge in [0.15, 0.2) is 23.0 Å². The molecule has 0 aromatic heterocycles. The summed E-state index contributed by atoms with van der Waals surface area (Å²) < 4.78 is 21.8. The molecule has 6 heteroatoms. The van der Waals surface area contributed by atoms with E-state index in [0.717, 1.165) is 29.7 Å². The molecule has 0 radical (unpaired) electrons. The van der Waals surface area contributed by atoms with Crippen LogP contribution in [0.25, 0.3) is 0 Å². The van der Waals surface area contributed by atoms with E-state index in [4.69, 9.17) is 18.9 Å². The number of rotatable bonds is 4. The van der Waals surface area contributed by atoms with Crippen molar-refractivity contribution in [3.05, 3.63) is 46.5 Å². The van der Waals surface area contributed by atoms with Crippen molar-refractivity contribution in [2.24, 2.45) is 0 Å². The van der Waals surface area contributed by atoms with Crippen molar-refractivity contribution in [3.8, 4) is 23.0 Å². The minimum atomic E-state index is -0.0216. The molecule has 4 rings (SSSR count). The van der Waals surface area contributed by atoms with Crippen LogP contribution in [0.5, 0.6) is 23.0 Å². The van der Waals surface area contributed by atoms with E-state index in [-0.39, 0.29) is 11.9 Å². The quantitative estimate of drug-likeness (QED) is 0.829. The summed E-state index contributed by atoms with van der Waals surface area (Å²) in [5, 5.41) is 0. The van der Waals surface area contributed by atoms with Gasteiger partial charge in [0, 0.05) is 6.54 Å². The first-order chi connectivity index (χ1) is 13.1. The molecule has 2 heterocycles.